The number of hydrogen-bond donors (Lipinski definition) is 2. The monoisotopic (exact) mass is 369 g/mol. The van der Waals surface area contributed by atoms with Crippen molar-refractivity contribution >= 4 is 11.8 Å². The van der Waals surface area contributed by atoms with E-state index in [1.54, 1.807) is 51.4 Å². The number of imidazole rings is 1. The molecule has 27 heavy (non-hydrogen) atoms. The Morgan fingerprint density at radius 1 is 1.22 bits per heavy atom. The zero-order valence-electron chi connectivity index (χ0n) is 15.1. The number of carboxylic acids is 1. The molecule has 9 heteroatoms. The molecule has 0 spiro atoms. The molecule has 0 amide bonds. The van der Waals surface area contributed by atoms with Crippen molar-refractivity contribution in [2.75, 3.05) is 12.4 Å². The molecule has 140 valence electrons. The number of carboxylic acid groups (broad SMARTS) is 1. The maximum absolute atomic E-state index is 11.1. The van der Waals surface area contributed by atoms with Crippen LogP contribution in [-0.4, -0.2) is 37.7 Å². The van der Waals surface area contributed by atoms with Gasteiger partial charge in [-0.2, -0.15) is 4.98 Å². The van der Waals surface area contributed by atoms with Crippen molar-refractivity contribution in [3.63, 3.8) is 0 Å². The van der Waals surface area contributed by atoms with Gasteiger partial charge in [0.15, 0.2) is 0 Å². The van der Waals surface area contributed by atoms with E-state index in [0.29, 0.717) is 35.6 Å². The Morgan fingerprint density at radius 3 is 2.56 bits per heavy atom. The van der Waals surface area contributed by atoms with Crippen LogP contribution in [0.15, 0.2) is 36.5 Å². The first-order valence-electron chi connectivity index (χ1n) is 8.11. The van der Waals surface area contributed by atoms with Gasteiger partial charge in [0.25, 0.3) is 0 Å². The number of methoxy groups -OCH3 is 1. The molecule has 0 aliphatic heterocycles. The summed E-state index contributed by atoms with van der Waals surface area (Å²) >= 11 is 0. The average molecular weight is 369 g/mol. The summed E-state index contributed by atoms with van der Waals surface area (Å²) in [5.41, 5.74) is 0.120. The Kier molecular flexibility index (Phi) is 5.20. The Balaban J connectivity index is 1.72. The number of nitrogens with zero attached hydrogens (tertiary/aromatic N) is 4. The van der Waals surface area contributed by atoms with E-state index in [0.717, 1.165) is 5.75 Å². The van der Waals surface area contributed by atoms with Crippen LogP contribution in [0.5, 0.6) is 17.4 Å². The molecule has 9 nitrogen and oxygen atoms in total. The van der Waals surface area contributed by atoms with Crippen LogP contribution in [0.1, 0.15) is 22.1 Å². The van der Waals surface area contributed by atoms with Gasteiger partial charge in [-0.05, 0) is 31.2 Å². The van der Waals surface area contributed by atoms with E-state index < -0.39 is 5.97 Å². The van der Waals surface area contributed by atoms with Crippen molar-refractivity contribution < 1.29 is 19.4 Å². The Bertz CT molecular complexity index is 953. The lowest BCUT2D eigenvalue weighted by molar-refractivity contribution is 0.0686. The van der Waals surface area contributed by atoms with Gasteiger partial charge in [-0.1, -0.05) is 0 Å². The highest BCUT2D eigenvalue weighted by Gasteiger charge is 2.13. The standard InChI is InChI=1S/C18H19N5O4/c1-11-21-15(19-10-16-20-9-14(18(24)25)23(16)2)8-17(22-11)27-13-6-4-12(26-3)5-7-13/h4-9H,10H2,1-3H3,(H,24,25)(H,19,21,22). The zero-order chi connectivity index (χ0) is 19.4. The van der Waals surface area contributed by atoms with E-state index in [4.69, 9.17) is 14.6 Å². The second-order valence-corrected chi connectivity index (χ2v) is 5.69. The second-order valence-electron chi connectivity index (χ2n) is 5.69. The maximum Gasteiger partial charge on any atom is 0.354 e. The predicted molar refractivity (Wildman–Crippen MR) is 97.3 cm³/mol. The molecule has 0 bridgehead atoms. The number of rotatable bonds is 7. The zero-order valence-corrected chi connectivity index (χ0v) is 15.1. The molecule has 0 radical (unpaired) electrons. The quantitative estimate of drug-likeness (QED) is 0.654. The van der Waals surface area contributed by atoms with Gasteiger partial charge in [0.1, 0.15) is 34.7 Å². The number of benzene rings is 1. The molecule has 0 saturated carbocycles. The van der Waals surface area contributed by atoms with Gasteiger partial charge < -0.3 is 24.5 Å². The summed E-state index contributed by atoms with van der Waals surface area (Å²) in [7, 11) is 3.25. The van der Waals surface area contributed by atoms with Crippen molar-refractivity contribution in [2.45, 2.75) is 13.5 Å². The highest BCUT2D eigenvalue weighted by Crippen LogP contribution is 2.24. The first-order chi connectivity index (χ1) is 13.0. The first-order valence-corrected chi connectivity index (χ1v) is 8.11. The highest BCUT2D eigenvalue weighted by molar-refractivity contribution is 5.85. The number of aromatic nitrogens is 4. The van der Waals surface area contributed by atoms with Crippen LogP contribution < -0.4 is 14.8 Å². The maximum atomic E-state index is 11.1. The van der Waals surface area contributed by atoms with Crippen LogP contribution in [0.3, 0.4) is 0 Å². The Labute approximate surface area is 155 Å². The SMILES string of the molecule is COc1ccc(Oc2cc(NCc3ncc(C(=O)O)n3C)nc(C)n2)cc1. The van der Waals surface area contributed by atoms with Gasteiger partial charge in [-0.25, -0.2) is 14.8 Å². The van der Waals surface area contributed by atoms with E-state index in [1.807, 2.05) is 0 Å². The molecule has 2 N–H and O–H groups in total. The van der Waals surface area contributed by atoms with E-state index in [9.17, 15) is 4.79 Å². The number of nitrogens with one attached hydrogen (secondary N) is 1. The molecule has 0 atom stereocenters. The average Bonchev–Trinajstić information content (AvgIpc) is 3.01. The molecule has 3 rings (SSSR count). The molecule has 0 fully saturated rings. The van der Waals surface area contributed by atoms with Gasteiger partial charge in [0.05, 0.1) is 19.9 Å². The fraction of sp³-hybridized carbons (Fsp3) is 0.222. The number of anilines is 1. The largest absolute Gasteiger partial charge is 0.497 e. The van der Waals surface area contributed by atoms with Crippen LogP contribution >= 0.6 is 0 Å². The van der Waals surface area contributed by atoms with E-state index in [1.165, 1.54) is 10.8 Å². The lowest BCUT2D eigenvalue weighted by Gasteiger charge is -2.10. The lowest BCUT2D eigenvalue weighted by atomic mass is 10.3. The van der Waals surface area contributed by atoms with Gasteiger partial charge in [-0.15, -0.1) is 0 Å². The molecule has 0 unspecified atom stereocenters. The minimum absolute atomic E-state index is 0.120. The lowest BCUT2D eigenvalue weighted by Crippen LogP contribution is -2.11. The second kappa shape index (κ2) is 7.73. The van der Waals surface area contributed by atoms with Gasteiger partial charge >= 0.3 is 5.97 Å². The van der Waals surface area contributed by atoms with Gasteiger partial charge in [-0.3, -0.25) is 0 Å². The first kappa shape index (κ1) is 18.2. The third kappa shape index (κ3) is 4.32. The summed E-state index contributed by atoms with van der Waals surface area (Å²) in [6.07, 6.45) is 1.32. The third-order valence-electron chi connectivity index (χ3n) is 3.83. The molecular formula is C18H19N5O4. The summed E-state index contributed by atoms with van der Waals surface area (Å²) < 4.78 is 12.4. The van der Waals surface area contributed by atoms with Crippen LogP contribution in [0.25, 0.3) is 0 Å². The number of aromatic carboxylic acids is 1. The van der Waals surface area contributed by atoms with Gasteiger partial charge in [0, 0.05) is 13.1 Å². The van der Waals surface area contributed by atoms with Crippen LogP contribution in [0, 0.1) is 6.92 Å². The van der Waals surface area contributed by atoms with Crippen molar-refractivity contribution in [1.29, 1.82) is 0 Å². The van der Waals surface area contributed by atoms with Gasteiger partial charge in [0.2, 0.25) is 5.88 Å². The molecule has 2 heterocycles. The van der Waals surface area contributed by atoms with E-state index >= 15 is 0 Å². The van der Waals surface area contributed by atoms with Crippen molar-refractivity contribution in [2.24, 2.45) is 7.05 Å². The van der Waals surface area contributed by atoms with Crippen molar-refractivity contribution in [3.8, 4) is 17.4 Å². The summed E-state index contributed by atoms with van der Waals surface area (Å²) in [6, 6.07) is 8.82. The fourth-order valence-electron chi connectivity index (χ4n) is 2.43. The summed E-state index contributed by atoms with van der Waals surface area (Å²) in [5, 5.41) is 12.2. The number of carbonyl (C=O) groups is 1. The molecule has 3 aromatic rings. The molecule has 0 aliphatic carbocycles. The highest BCUT2D eigenvalue weighted by atomic mass is 16.5. The molecule has 2 aromatic heterocycles. The smallest absolute Gasteiger partial charge is 0.354 e. The number of aryl methyl sites for hydroxylation is 1. The fourth-order valence-corrected chi connectivity index (χ4v) is 2.43. The van der Waals surface area contributed by atoms with Crippen molar-refractivity contribution in [1.82, 2.24) is 19.5 Å². The van der Waals surface area contributed by atoms with Crippen molar-refractivity contribution in [3.05, 3.63) is 53.9 Å². The summed E-state index contributed by atoms with van der Waals surface area (Å²) in [4.78, 5) is 23.8. The van der Waals surface area contributed by atoms with E-state index in [2.05, 4.69) is 20.3 Å². The minimum Gasteiger partial charge on any atom is -0.497 e. The van der Waals surface area contributed by atoms with E-state index in [-0.39, 0.29) is 5.69 Å². The summed E-state index contributed by atoms with van der Waals surface area (Å²) in [5.74, 6) is 2.38. The summed E-state index contributed by atoms with van der Waals surface area (Å²) in [6.45, 7) is 2.07. The van der Waals surface area contributed by atoms with Crippen LogP contribution in [0.2, 0.25) is 0 Å². The Hall–Kier alpha value is -3.62. The molecular weight excluding hydrogens is 350 g/mol. The van der Waals surface area contributed by atoms with Crippen LogP contribution in [-0.2, 0) is 13.6 Å². The molecule has 1 aromatic carbocycles. The predicted octanol–water partition coefficient (Wildman–Crippen LogP) is 2.63. The third-order valence-corrected chi connectivity index (χ3v) is 3.83. The molecule has 0 aliphatic rings. The minimum atomic E-state index is -1.02. The normalized spacial score (nSPS) is 10.5. The van der Waals surface area contributed by atoms with Crippen LogP contribution in [0.4, 0.5) is 5.82 Å². The molecule has 0 saturated heterocycles. The number of hydrogen-bond acceptors (Lipinski definition) is 7. The number of ether oxygens (including phenoxy) is 2. The Morgan fingerprint density at radius 2 is 1.93 bits per heavy atom. The topological polar surface area (TPSA) is 111 Å².